The largest absolute Gasteiger partial charge is 0.479 e. The van der Waals surface area contributed by atoms with Crippen LogP contribution in [-0.2, 0) is 34.5 Å². The van der Waals surface area contributed by atoms with E-state index in [0.717, 1.165) is 46.3 Å². The van der Waals surface area contributed by atoms with E-state index in [9.17, 15) is 27.9 Å². The summed E-state index contributed by atoms with van der Waals surface area (Å²) in [6.45, 7) is 8.34. The first-order chi connectivity index (χ1) is 19.4. The molecule has 1 aliphatic rings. The highest BCUT2D eigenvalue weighted by Crippen LogP contribution is 2.37. The van der Waals surface area contributed by atoms with Crippen molar-refractivity contribution >= 4 is 35.0 Å². The molecule has 0 saturated carbocycles. The molecule has 3 aromatic rings. The number of hydrogen-bond donors (Lipinski definition) is 1. The van der Waals surface area contributed by atoms with Crippen molar-refractivity contribution in [2.75, 3.05) is 26.2 Å². The van der Waals surface area contributed by atoms with Crippen LogP contribution in [0.1, 0.15) is 42.5 Å². The predicted octanol–water partition coefficient (Wildman–Crippen LogP) is 6.20. The third kappa shape index (κ3) is 8.02. The molecule has 1 aliphatic heterocycles. The number of aryl methyl sites for hydroxylation is 1. The molecule has 0 spiro atoms. The zero-order chi connectivity index (χ0) is 29.7. The molecule has 2 aromatic carbocycles. The van der Waals surface area contributed by atoms with Gasteiger partial charge in [-0.05, 0) is 49.2 Å². The topological polar surface area (TPSA) is 83.0 Å². The lowest BCUT2D eigenvalue weighted by molar-refractivity contribution is -0.144. The van der Waals surface area contributed by atoms with Gasteiger partial charge in [-0.1, -0.05) is 19.1 Å². The van der Waals surface area contributed by atoms with Gasteiger partial charge >= 0.3 is 12.1 Å². The van der Waals surface area contributed by atoms with Gasteiger partial charge in [0.15, 0.2) is 6.10 Å². The highest BCUT2D eigenvalue weighted by molar-refractivity contribution is 7.98. The SMILES string of the molecule is CCc1cc(SCc2sc(-c3ccc(C(F)(F)F)cc3)nc2CN2CCN(C(C)=O)CC2)ccc1OC(C)C(=O)O. The normalized spacial score (nSPS) is 15.1. The number of thiazole rings is 1. The van der Waals surface area contributed by atoms with Gasteiger partial charge in [0.05, 0.1) is 11.3 Å². The standard InChI is InChI=1S/C29H32F3N3O4S2/c1-4-20-15-23(9-10-25(20)39-18(2)28(37)38)40-17-26-24(16-34-11-13-35(14-12-34)19(3)36)33-27(41-26)21-5-7-22(8-6-21)29(30,31)32/h5-10,15,18H,4,11-14,16-17H2,1-3H3,(H,37,38). The molecular weight excluding hydrogens is 575 g/mol. The average molecular weight is 608 g/mol. The molecule has 1 atom stereocenters. The first-order valence-corrected chi connectivity index (χ1v) is 15.0. The smallest absolute Gasteiger partial charge is 0.416 e. The molecular formula is C29H32F3N3O4S2. The van der Waals surface area contributed by atoms with Crippen LogP contribution in [0.4, 0.5) is 13.2 Å². The van der Waals surface area contributed by atoms with E-state index in [0.29, 0.717) is 48.1 Å². The molecule has 1 fully saturated rings. The van der Waals surface area contributed by atoms with Crippen molar-refractivity contribution in [2.24, 2.45) is 0 Å². The number of benzene rings is 2. The maximum Gasteiger partial charge on any atom is 0.416 e. The number of nitrogens with zero attached hydrogens (tertiary/aromatic N) is 3. The lowest BCUT2D eigenvalue weighted by Crippen LogP contribution is -2.47. The van der Waals surface area contributed by atoms with Crippen LogP contribution < -0.4 is 4.74 Å². The van der Waals surface area contributed by atoms with Crippen LogP contribution in [0, 0.1) is 0 Å². The number of alkyl halides is 3. The molecule has 2 heterocycles. The van der Waals surface area contributed by atoms with Crippen LogP contribution in [0.3, 0.4) is 0 Å². The molecule has 0 bridgehead atoms. The number of rotatable bonds is 10. The maximum absolute atomic E-state index is 13.1. The van der Waals surface area contributed by atoms with Crippen molar-refractivity contribution in [1.82, 2.24) is 14.8 Å². The van der Waals surface area contributed by atoms with Crippen molar-refractivity contribution in [3.8, 4) is 16.3 Å². The van der Waals surface area contributed by atoms with E-state index in [-0.39, 0.29) is 5.91 Å². The van der Waals surface area contributed by atoms with E-state index in [2.05, 4.69) is 4.90 Å². The number of halogens is 3. The number of carbonyl (C=O) groups excluding carboxylic acids is 1. The Morgan fingerprint density at radius 1 is 1.12 bits per heavy atom. The van der Waals surface area contributed by atoms with Gasteiger partial charge in [-0.25, -0.2) is 9.78 Å². The summed E-state index contributed by atoms with van der Waals surface area (Å²) in [4.78, 5) is 33.9. The number of hydrogen-bond acceptors (Lipinski definition) is 7. The number of carboxylic acids is 1. The summed E-state index contributed by atoms with van der Waals surface area (Å²) in [5.74, 6) is 0.172. The Balaban J connectivity index is 1.54. The van der Waals surface area contributed by atoms with Crippen molar-refractivity contribution in [3.05, 3.63) is 64.2 Å². The summed E-state index contributed by atoms with van der Waals surface area (Å²) >= 11 is 3.08. The van der Waals surface area contributed by atoms with Crippen LogP contribution in [0.25, 0.3) is 10.6 Å². The number of ether oxygens (including phenoxy) is 1. The summed E-state index contributed by atoms with van der Waals surface area (Å²) in [6, 6.07) is 10.7. The van der Waals surface area contributed by atoms with E-state index in [1.807, 2.05) is 24.0 Å². The second kappa shape index (κ2) is 13.3. The van der Waals surface area contributed by atoms with E-state index in [4.69, 9.17) is 9.72 Å². The third-order valence-corrected chi connectivity index (χ3v) is 9.21. The monoisotopic (exact) mass is 607 g/mol. The lowest BCUT2D eigenvalue weighted by Gasteiger charge is -2.33. The minimum atomic E-state index is -4.40. The van der Waals surface area contributed by atoms with Crippen LogP contribution in [0.2, 0.25) is 0 Å². The van der Waals surface area contributed by atoms with Gasteiger partial charge in [0, 0.05) is 60.7 Å². The van der Waals surface area contributed by atoms with Crippen LogP contribution >= 0.6 is 23.1 Å². The molecule has 7 nitrogen and oxygen atoms in total. The minimum Gasteiger partial charge on any atom is -0.479 e. The molecule has 0 aliphatic carbocycles. The molecule has 0 radical (unpaired) electrons. The summed E-state index contributed by atoms with van der Waals surface area (Å²) in [5.41, 5.74) is 1.71. The Labute approximate surface area is 245 Å². The van der Waals surface area contributed by atoms with Gasteiger partial charge in [-0.2, -0.15) is 13.2 Å². The maximum atomic E-state index is 13.1. The predicted molar refractivity (Wildman–Crippen MR) is 153 cm³/mol. The molecule has 1 saturated heterocycles. The van der Waals surface area contributed by atoms with Crippen molar-refractivity contribution < 1.29 is 32.6 Å². The molecule has 4 rings (SSSR count). The van der Waals surface area contributed by atoms with Gasteiger partial charge in [0.25, 0.3) is 0 Å². The number of piperazine rings is 1. The molecule has 12 heteroatoms. The highest BCUT2D eigenvalue weighted by atomic mass is 32.2. The molecule has 1 aromatic heterocycles. The summed E-state index contributed by atoms with van der Waals surface area (Å²) in [7, 11) is 0. The zero-order valence-corrected chi connectivity index (χ0v) is 24.7. The van der Waals surface area contributed by atoms with Crippen molar-refractivity contribution in [3.63, 3.8) is 0 Å². The quantitative estimate of drug-likeness (QED) is 0.275. The van der Waals surface area contributed by atoms with Crippen molar-refractivity contribution in [2.45, 2.75) is 56.7 Å². The Kier molecular flexibility index (Phi) is 9.98. The molecule has 1 unspecified atom stereocenters. The van der Waals surface area contributed by atoms with E-state index < -0.39 is 23.8 Å². The Bertz CT molecular complexity index is 1370. The number of carboxylic acid groups (broad SMARTS) is 1. The first-order valence-electron chi connectivity index (χ1n) is 13.2. The van der Waals surface area contributed by atoms with Gasteiger partial charge in [0.1, 0.15) is 10.8 Å². The van der Waals surface area contributed by atoms with E-state index in [1.54, 1.807) is 24.8 Å². The molecule has 220 valence electrons. The lowest BCUT2D eigenvalue weighted by atomic mass is 10.1. The molecule has 1 amide bonds. The van der Waals surface area contributed by atoms with E-state index >= 15 is 0 Å². The minimum absolute atomic E-state index is 0.0558. The number of aromatic nitrogens is 1. The second-order valence-corrected chi connectivity index (χ2v) is 11.9. The van der Waals surface area contributed by atoms with Gasteiger partial charge in [0.2, 0.25) is 5.91 Å². The van der Waals surface area contributed by atoms with Crippen LogP contribution in [-0.4, -0.2) is 64.0 Å². The van der Waals surface area contributed by atoms with Gasteiger partial charge in [-0.3, -0.25) is 9.69 Å². The van der Waals surface area contributed by atoms with E-state index in [1.165, 1.54) is 30.4 Å². The first kappa shape index (κ1) is 30.9. The van der Waals surface area contributed by atoms with Crippen LogP contribution in [0.5, 0.6) is 5.75 Å². The number of aliphatic carboxylic acids is 1. The molecule has 41 heavy (non-hydrogen) atoms. The second-order valence-electron chi connectivity index (χ2n) is 9.76. The fraction of sp³-hybridized carbons (Fsp3) is 0.414. The van der Waals surface area contributed by atoms with Crippen LogP contribution in [0.15, 0.2) is 47.4 Å². The zero-order valence-electron chi connectivity index (χ0n) is 23.0. The number of carbonyl (C=O) groups is 2. The number of amides is 1. The summed E-state index contributed by atoms with van der Waals surface area (Å²) in [5, 5.41) is 9.84. The highest BCUT2D eigenvalue weighted by Gasteiger charge is 2.30. The Morgan fingerprint density at radius 2 is 1.80 bits per heavy atom. The Hall–Kier alpha value is -3.09. The van der Waals surface area contributed by atoms with Crippen molar-refractivity contribution in [1.29, 1.82) is 0 Å². The third-order valence-electron chi connectivity index (χ3n) is 6.86. The Morgan fingerprint density at radius 3 is 2.39 bits per heavy atom. The average Bonchev–Trinajstić information content (AvgIpc) is 3.34. The number of thioether (sulfide) groups is 1. The molecule has 1 N–H and O–H groups in total. The van der Waals surface area contributed by atoms with Gasteiger partial charge < -0.3 is 14.7 Å². The summed E-state index contributed by atoms with van der Waals surface area (Å²) < 4.78 is 44.9. The van der Waals surface area contributed by atoms with Gasteiger partial charge in [-0.15, -0.1) is 23.1 Å². The fourth-order valence-corrected chi connectivity index (χ4v) is 6.54. The fourth-order valence-electron chi connectivity index (χ4n) is 4.40. The summed E-state index contributed by atoms with van der Waals surface area (Å²) in [6.07, 6.45) is -4.69.